The highest BCUT2D eigenvalue weighted by Crippen LogP contribution is 2.20. The van der Waals surface area contributed by atoms with Gasteiger partial charge < -0.3 is 5.32 Å². The summed E-state index contributed by atoms with van der Waals surface area (Å²) in [5.41, 5.74) is 3.97. The number of aromatic nitrogens is 1. The van der Waals surface area contributed by atoms with Crippen molar-refractivity contribution in [2.75, 3.05) is 38.0 Å². The Morgan fingerprint density at radius 1 is 1.04 bits per heavy atom. The number of carbonyl (C=O) groups excluding carboxylic acids is 2. The van der Waals surface area contributed by atoms with Crippen molar-refractivity contribution in [1.82, 2.24) is 19.9 Å². The predicted molar refractivity (Wildman–Crippen MR) is 110 cm³/mol. The van der Waals surface area contributed by atoms with Crippen molar-refractivity contribution in [3.8, 4) is 0 Å². The van der Waals surface area contributed by atoms with Crippen LogP contribution in [0.4, 0.5) is 11.5 Å². The van der Waals surface area contributed by atoms with Gasteiger partial charge in [0, 0.05) is 37.3 Å². The van der Waals surface area contributed by atoms with Crippen LogP contribution in [-0.2, 0) is 9.59 Å². The standard InChI is InChI=1S/C21H27N5O2/c1-2-20(27)24-26(19-10-6-7-12-22-19)16-14-25(15-17-26)13-11-21(28)23-18-8-4-3-5-9-18/h3-10,12H,2,11,13-17H2,1H3,(H-,23,24,27,28)/p+1. The van der Waals surface area contributed by atoms with Crippen LogP contribution in [0.5, 0.6) is 0 Å². The molecule has 2 heterocycles. The maximum absolute atomic E-state index is 12.2. The van der Waals surface area contributed by atoms with Gasteiger partial charge in [0.1, 0.15) is 13.1 Å². The van der Waals surface area contributed by atoms with Gasteiger partial charge in [-0.25, -0.2) is 4.98 Å². The van der Waals surface area contributed by atoms with Crippen molar-refractivity contribution in [2.45, 2.75) is 19.8 Å². The lowest BCUT2D eigenvalue weighted by Crippen LogP contribution is -2.69. The molecular formula is C21H28N5O2+. The zero-order valence-electron chi connectivity index (χ0n) is 16.3. The van der Waals surface area contributed by atoms with Gasteiger partial charge in [0.15, 0.2) is 0 Å². The molecule has 1 fully saturated rings. The highest BCUT2D eigenvalue weighted by Gasteiger charge is 2.38. The van der Waals surface area contributed by atoms with Crippen LogP contribution < -0.4 is 15.3 Å². The Kier molecular flexibility index (Phi) is 6.73. The van der Waals surface area contributed by atoms with Crippen LogP contribution in [0.3, 0.4) is 0 Å². The lowest BCUT2D eigenvalue weighted by Gasteiger charge is -2.42. The third kappa shape index (κ3) is 5.15. The summed E-state index contributed by atoms with van der Waals surface area (Å²) < 4.78 is 0.361. The smallest absolute Gasteiger partial charge is 0.265 e. The summed E-state index contributed by atoms with van der Waals surface area (Å²) in [4.78, 5) is 31.0. The van der Waals surface area contributed by atoms with E-state index in [9.17, 15) is 9.59 Å². The van der Waals surface area contributed by atoms with E-state index in [-0.39, 0.29) is 11.8 Å². The minimum atomic E-state index is 0.0151. The molecule has 28 heavy (non-hydrogen) atoms. The normalized spacial score (nSPS) is 16.3. The van der Waals surface area contributed by atoms with Gasteiger partial charge in [-0.2, -0.15) is 10.0 Å². The number of nitrogens with one attached hydrogen (secondary N) is 2. The van der Waals surface area contributed by atoms with Crippen LogP contribution in [0.15, 0.2) is 54.7 Å². The molecule has 0 bridgehead atoms. The molecule has 7 nitrogen and oxygen atoms in total. The third-order valence-corrected chi connectivity index (χ3v) is 5.06. The first-order valence-electron chi connectivity index (χ1n) is 9.78. The van der Waals surface area contributed by atoms with E-state index in [2.05, 4.69) is 20.6 Å². The summed E-state index contributed by atoms with van der Waals surface area (Å²) in [6, 6.07) is 15.3. The van der Waals surface area contributed by atoms with Gasteiger partial charge in [-0.3, -0.25) is 14.5 Å². The topological polar surface area (TPSA) is 74.3 Å². The first-order valence-corrected chi connectivity index (χ1v) is 9.78. The summed E-state index contributed by atoms with van der Waals surface area (Å²) >= 11 is 0. The van der Waals surface area contributed by atoms with Gasteiger partial charge in [-0.05, 0) is 18.2 Å². The molecule has 1 saturated heterocycles. The number of rotatable bonds is 7. The summed E-state index contributed by atoms with van der Waals surface area (Å²) in [6.45, 7) is 5.58. The molecule has 0 aliphatic carbocycles. The fraction of sp³-hybridized carbons (Fsp3) is 0.381. The average molecular weight is 382 g/mol. The Morgan fingerprint density at radius 3 is 2.39 bits per heavy atom. The number of quaternary nitrogens is 1. The number of para-hydroxylation sites is 1. The molecule has 1 aliphatic rings. The van der Waals surface area contributed by atoms with E-state index < -0.39 is 0 Å². The summed E-state index contributed by atoms with van der Waals surface area (Å²) in [7, 11) is 0. The van der Waals surface area contributed by atoms with E-state index in [1.54, 1.807) is 6.20 Å². The van der Waals surface area contributed by atoms with Crippen molar-refractivity contribution in [2.24, 2.45) is 0 Å². The van der Waals surface area contributed by atoms with E-state index >= 15 is 0 Å². The molecule has 1 aromatic carbocycles. The molecule has 0 radical (unpaired) electrons. The van der Waals surface area contributed by atoms with E-state index in [0.717, 1.165) is 37.7 Å². The van der Waals surface area contributed by atoms with E-state index in [1.807, 2.05) is 55.5 Å². The maximum Gasteiger partial charge on any atom is 0.265 e. The summed E-state index contributed by atoms with van der Waals surface area (Å²) in [6.07, 6.45) is 2.64. The monoisotopic (exact) mass is 382 g/mol. The predicted octanol–water partition coefficient (Wildman–Crippen LogP) is 2.17. The SMILES string of the molecule is CCC(=O)N[N+]1(c2ccccn2)CCN(CCC(=O)Nc2ccccc2)CC1. The van der Waals surface area contributed by atoms with Gasteiger partial charge in [0.25, 0.3) is 11.7 Å². The number of pyridine rings is 1. The largest absolute Gasteiger partial charge is 0.326 e. The molecule has 0 saturated carbocycles. The first kappa shape index (κ1) is 20.0. The highest BCUT2D eigenvalue weighted by molar-refractivity contribution is 5.90. The van der Waals surface area contributed by atoms with Crippen LogP contribution in [0.25, 0.3) is 0 Å². The number of anilines is 1. The van der Waals surface area contributed by atoms with E-state index in [1.165, 1.54) is 0 Å². The van der Waals surface area contributed by atoms with Crippen LogP contribution in [0.1, 0.15) is 19.8 Å². The number of hydrogen-bond donors (Lipinski definition) is 2. The second kappa shape index (κ2) is 9.43. The number of benzene rings is 1. The Bertz CT molecular complexity index is 774. The Hall–Kier alpha value is -2.77. The molecule has 7 heteroatoms. The van der Waals surface area contributed by atoms with Crippen molar-refractivity contribution in [3.63, 3.8) is 0 Å². The van der Waals surface area contributed by atoms with Crippen molar-refractivity contribution < 1.29 is 9.59 Å². The average Bonchev–Trinajstić information content (AvgIpc) is 2.74. The Balaban J connectivity index is 1.55. The van der Waals surface area contributed by atoms with E-state index in [0.29, 0.717) is 24.0 Å². The van der Waals surface area contributed by atoms with Crippen LogP contribution in [0, 0.1) is 0 Å². The van der Waals surface area contributed by atoms with Crippen molar-refractivity contribution >= 4 is 23.3 Å². The fourth-order valence-electron chi connectivity index (χ4n) is 3.40. The number of carbonyl (C=O) groups is 2. The molecule has 0 unspecified atom stereocenters. The van der Waals surface area contributed by atoms with Crippen LogP contribution >= 0.6 is 0 Å². The van der Waals surface area contributed by atoms with Crippen LogP contribution in [-0.4, -0.2) is 54.4 Å². The number of piperazine rings is 1. The Morgan fingerprint density at radius 2 is 1.75 bits per heavy atom. The van der Waals surface area contributed by atoms with Gasteiger partial charge in [0.2, 0.25) is 5.91 Å². The van der Waals surface area contributed by atoms with Gasteiger partial charge in [0.05, 0.1) is 13.1 Å². The molecule has 1 aromatic heterocycles. The lowest BCUT2D eigenvalue weighted by atomic mass is 10.2. The molecule has 2 amide bonds. The second-order valence-corrected chi connectivity index (χ2v) is 7.00. The minimum absolute atomic E-state index is 0.0151. The summed E-state index contributed by atoms with van der Waals surface area (Å²) in [5, 5.41) is 2.92. The molecule has 0 atom stereocenters. The Labute approximate surface area is 165 Å². The molecular weight excluding hydrogens is 354 g/mol. The maximum atomic E-state index is 12.2. The van der Waals surface area contributed by atoms with E-state index in [4.69, 9.17) is 0 Å². The molecule has 148 valence electrons. The van der Waals surface area contributed by atoms with Gasteiger partial charge >= 0.3 is 0 Å². The van der Waals surface area contributed by atoms with Crippen LogP contribution in [0.2, 0.25) is 0 Å². The quantitative estimate of drug-likeness (QED) is 0.720. The zero-order chi connectivity index (χ0) is 19.8. The van der Waals surface area contributed by atoms with Crippen molar-refractivity contribution in [1.29, 1.82) is 0 Å². The molecule has 3 rings (SSSR count). The van der Waals surface area contributed by atoms with Gasteiger partial charge in [-0.1, -0.05) is 31.2 Å². The van der Waals surface area contributed by atoms with Gasteiger partial charge in [-0.15, -0.1) is 0 Å². The number of amides is 2. The second-order valence-electron chi connectivity index (χ2n) is 7.00. The van der Waals surface area contributed by atoms with Crippen molar-refractivity contribution in [3.05, 3.63) is 54.7 Å². The molecule has 1 aliphatic heterocycles. The summed E-state index contributed by atoms with van der Waals surface area (Å²) in [5.74, 6) is 0.883. The number of hydrogen-bond acceptors (Lipinski definition) is 4. The fourth-order valence-corrected chi connectivity index (χ4v) is 3.40. The highest BCUT2D eigenvalue weighted by atomic mass is 16.2. The third-order valence-electron chi connectivity index (χ3n) is 5.06. The zero-order valence-corrected chi connectivity index (χ0v) is 16.3. The molecule has 2 aromatic rings. The first-order chi connectivity index (χ1) is 13.6. The molecule has 0 spiro atoms. The lowest BCUT2D eigenvalue weighted by molar-refractivity contribution is -0.126. The number of nitrogens with zero attached hydrogens (tertiary/aromatic N) is 3. The minimum Gasteiger partial charge on any atom is -0.326 e. The molecule has 2 N–H and O–H groups in total.